The summed E-state index contributed by atoms with van der Waals surface area (Å²) in [5, 5.41) is 11.4. The Hall–Kier alpha value is -2.64. The zero-order valence-electron chi connectivity index (χ0n) is 11.8. The minimum atomic E-state index is -0.202. The maximum absolute atomic E-state index is 12.1. The minimum absolute atomic E-state index is 0.0246. The average molecular weight is 280 g/mol. The van der Waals surface area contributed by atoms with Crippen LogP contribution in [0.1, 0.15) is 28.0 Å². The molecule has 0 aliphatic rings. The maximum Gasteiger partial charge on any atom is 0.256 e. The molecule has 21 heavy (non-hydrogen) atoms. The van der Waals surface area contributed by atoms with Gasteiger partial charge in [0.2, 0.25) is 0 Å². The summed E-state index contributed by atoms with van der Waals surface area (Å²) in [5.74, 6) is 5.89. The molecule has 1 aromatic carbocycles. The lowest BCUT2D eigenvalue weighted by Crippen LogP contribution is -2.13. The smallest absolute Gasteiger partial charge is 0.256 e. The number of nitrogens with one attached hydrogen (secondary N) is 1. The molecule has 1 amide bonds. The van der Waals surface area contributed by atoms with E-state index in [0.717, 1.165) is 5.56 Å². The van der Waals surface area contributed by atoms with Gasteiger partial charge in [-0.1, -0.05) is 29.7 Å². The van der Waals surface area contributed by atoms with Gasteiger partial charge in [0, 0.05) is 12.0 Å². The summed E-state index contributed by atoms with van der Waals surface area (Å²) in [6.45, 7) is 1.96. The number of hydrogen-bond acceptors (Lipinski definition) is 3. The Balaban J connectivity index is 2.11. The van der Waals surface area contributed by atoms with Crippen LogP contribution in [0.5, 0.6) is 0 Å². The largest absolute Gasteiger partial charge is 0.395 e. The van der Waals surface area contributed by atoms with Crippen LogP contribution in [0, 0.1) is 18.8 Å². The van der Waals surface area contributed by atoms with Crippen LogP contribution in [0.2, 0.25) is 0 Å². The first-order valence-electron chi connectivity index (χ1n) is 6.64. The molecule has 0 aliphatic heterocycles. The van der Waals surface area contributed by atoms with Gasteiger partial charge in [-0.15, -0.1) is 0 Å². The van der Waals surface area contributed by atoms with Crippen molar-refractivity contribution in [3.05, 3.63) is 59.3 Å². The molecular weight excluding hydrogens is 264 g/mol. The number of rotatable bonds is 3. The first-order valence-corrected chi connectivity index (χ1v) is 6.64. The zero-order chi connectivity index (χ0) is 15.1. The summed E-state index contributed by atoms with van der Waals surface area (Å²) >= 11 is 0. The minimum Gasteiger partial charge on any atom is -0.395 e. The number of carbonyl (C=O) groups is 1. The van der Waals surface area contributed by atoms with Crippen molar-refractivity contribution in [1.29, 1.82) is 0 Å². The van der Waals surface area contributed by atoms with Gasteiger partial charge in [-0.2, -0.15) is 0 Å². The van der Waals surface area contributed by atoms with Crippen LogP contribution in [-0.2, 0) is 0 Å². The number of aliphatic hydroxyl groups is 1. The van der Waals surface area contributed by atoms with Gasteiger partial charge < -0.3 is 10.4 Å². The molecule has 0 radical (unpaired) electrons. The predicted octanol–water partition coefficient (Wildman–Crippen LogP) is 2.38. The van der Waals surface area contributed by atoms with Crippen LogP contribution in [0.3, 0.4) is 0 Å². The lowest BCUT2D eigenvalue weighted by atomic mass is 10.1. The summed E-state index contributed by atoms with van der Waals surface area (Å²) in [6.07, 6.45) is 0.404. The summed E-state index contributed by atoms with van der Waals surface area (Å²) in [5.41, 5.74) is 2.18. The third kappa shape index (κ3) is 4.44. The van der Waals surface area contributed by atoms with Crippen molar-refractivity contribution in [3.8, 4) is 11.8 Å². The number of aryl methyl sites for hydroxylation is 1. The fourth-order valence-electron chi connectivity index (χ4n) is 1.76. The maximum atomic E-state index is 12.1. The highest BCUT2D eigenvalue weighted by Crippen LogP contribution is 2.09. The topological polar surface area (TPSA) is 62.2 Å². The number of aromatic nitrogens is 1. The van der Waals surface area contributed by atoms with E-state index in [1.807, 2.05) is 25.1 Å². The Morgan fingerprint density at radius 2 is 2.10 bits per heavy atom. The standard InChI is InChI=1S/C17H16N2O2/c1-13-6-4-7-14(12-13)17(21)19-16-10-5-9-15(18-16)8-2-3-11-20/h4-7,9-10,12,20H,3,11H2,1H3,(H,18,19,21). The Morgan fingerprint density at radius 3 is 2.86 bits per heavy atom. The van der Waals surface area contributed by atoms with Crippen LogP contribution in [-0.4, -0.2) is 22.6 Å². The highest BCUT2D eigenvalue weighted by molar-refractivity contribution is 6.03. The van der Waals surface area contributed by atoms with E-state index in [0.29, 0.717) is 23.5 Å². The van der Waals surface area contributed by atoms with E-state index in [2.05, 4.69) is 22.1 Å². The Kier molecular flexibility index (Phi) is 5.08. The van der Waals surface area contributed by atoms with Gasteiger partial charge in [0.15, 0.2) is 0 Å². The van der Waals surface area contributed by atoms with Crippen molar-refractivity contribution in [3.63, 3.8) is 0 Å². The number of nitrogens with zero attached hydrogens (tertiary/aromatic N) is 1. The van der Waals surface area contributed by atoms with Gasteiger partial charge in [0.25, 0.3) is 5.91 Å². The average Bonchev–Trinajstić information content (AvgIpc) is 2.48. The van der Waals surface area contributed by atoms with Crippen molar-refractivity contribution in [2.45, 2.75) is 13.3 Å². The van der Waals surface area contributed by atoms with E-state index < -0.39 is 0 Å². The summed E-state index contributed by atoms with van der Waals surface area (Å²) in [7, 11) is 0. The first kappa shape index (κ1) is 14.8. The van der Waals surface area contributed by atoms with E-state index >= 15 is 0 Å². The molecule has 1 aromatic heterocycles. The highest BCUT2D eigenvalue weighted by Gasteiger charge is 2.06. The molecule has 2 N–H and O–H groups in total. The molecule has 2 rings (SSSR count). The Bertz CT molecular complexity index is 699. The van der Waals surface area contributed by atoms with Crippen LogP contribution < -0.4 is 5.32 Å². The number of amides is 1. The lowest BCUT2D eigenvalue weighted by Gasteiger charge is -2.05. The van der Waals surface area contributed by atoms with E-state index in [1.165, 1.54) is 0 Å². The molecule has 106 valence electrons. The molecule has 0 atom stereocenters. The van der Waals surface area contributed by atoms with Crippen molar-refractivity contribution in [1.82, 2.24) is 4.98 Å². The van der Waals surface area contributed by atoms with E-state index in [4.69, 9.17) is 5.11 Å². The molecule has 2 aromatic rings. The molecular formula is C17H16N2O2. The normalized spacial score (nSPS) is 9.62. The number of anilines is 1. The molecule has 0 saturated heterocycles. The third-order valence-electron chi connectivity index (χ3n) is 2.72. The molecule has 0 aliphatic carbocycles. The number of carbonyl (C=O) groups excluding carboxylic acids is 1. The molecule has 0 saturated carbocycles. The van der Waals surface area contributed by atoms with Crippen molar-refractivity contribution < 1.29 is 9.90 Å². The molecule has 4 nitrogen and oxygen atoms in total. The van der Waals surface area contributed by atoms with Gasteiger partial charge in [0.1, 0.15) is 11.5 Å². The quantitative estimate of drug-likeness (QED) is 0.849. The number of hydrogen-bond donors (Lipinski definition) is 2. The van der Waals surface area contributed by atoms with E-state index in [1.54, 1.807) is 24.3 Å². The van der Waals surface area contributed by atoms with E-state index in [9.17, 15) is 4.79 Å². The Labute approximate surface area is 123 Å². The summed E-state index contributed by atoms with van der Waals surface area (Å²) in [4.78, 5) is 16.4. The van der Waals surface area contributed by atoms with Gasteiger partial charge in [-0.25, -0.2) is 4.98 Å². The number of aliphatic hydroxyl groups excluding tert-OH is 1. The first-order chi connectivity index (χ1) is 10.2. The van der Waals surface area contributed by atoms with E-state index in [-0.39, 0.29) is 12.5 Å². The number of benzene rings is 1. The summed E-state index contributed by atoms with van der Waals surface area (Å²) < 4.78 is 0. The van der Waals surface area contributed by atoms with Gasteiger partial charge in [-0.3, -0.25) is 4.79 Å². The zero-order valence-corrected chi connectivity index (χ0v) is 11.8. The lowest BCUT2D eigenvalue weighted by molar-refractivity contribution is 0.102. The van der Waals surface area contributed by atoms with Crippen LogP contribution >= 0.6 is 0 Å². The monoisotopic (exact) mass is 280 g/mol. The fraction of sp³-hybridized carbons (Fsp3) is 0.176. The fourth-order valence-corrected chi connectivity index (χ4v) is 1.76. The van der Waals surface area contributed by atoms with Crippen molar-refractivity contribution in [2.24, 2.45) is 0 Å². The Morgan fingerprint density at radius 1 is 1.29 bits per heavy atom. The molecule has 0 spiro atoms. The number of pyridine rings is 1. The van der Waals surface area contributed by atoms with Crippen LogP contribution in [0.25, 0.3) is 0 Å². The van der Waals surface area contributed by atoms with Gasteiger partial charge >= 0.3 is 0 Å². The second kappa shape index (κ2) is 7.22. The van der Waals surface area contributed by atoms with Crippen molar-refractivity contribution in [2.75, 3.05) is 11.9 Å². The van der Waals surface area contributed by atoms with Crippen LogP contribution in [0.15, 0.2) is 42.5 Å². The molecule has 0 bridgehead atoms. The summed E-state index contributed by atoms with van der Waals surface area (Å²) in [6, 6.07) is 12.6. The molecule has 0 fully saturated rings. The predicted molar refractivity (Wildman–Crippen MR) is 82.0 cm³/mol. The SMILES string of the molecule is Cc1cccc(C(=O)Nc2cccc(C#CCCO)n2)c1. The second-order valence-electron chi connectivity index (χ2n) is 4.51. The van der Waals surface area contributed by atoms with Crippen LogP contribution in [0.4, 0.5) is 5.82 Å². The van der Waals surface area contributed by atoms with Gasteiger partial charge in [-0.05, 0) is 37.1 Å². The molecule has 0 unspecified atom stereocenters. The highest BCUT2D eigenvalue weighted by atomic mass is 16.2. The van der Waals surface area contributed by atoms with Gasteiger partial charge in [0.05, 0.1) is 6.61 Å². The third-order valence-corrected chi connectivity index (χ3v) is 2.72. The molecule has 1 heterocycles. The second-order valence-corrected chi connectivity index (χ2v) is 4.51. The van der Waals surface area contributed by atoms with Crippen molar-refractivity contribution >= 4 is 11.7 Å². The molecule has 4 heteroatoms.